The third kappa shape index (κ3) is 4.09. The van der Waals surface area contributed by atoms with E-state index in [0.29, 0.717) is 0 Å². The molecule has 0 aliphatic carbocycles. The van der Waals surface area contributed by atoms with Crippen LogP contribution in [-0.4, -0.2) is 26.6 Å². The molecule has 0 fully saturated rings. The summed E-state index contributed by atoms with van der Waals surface area (Å²) < 4.78 is 0. The van der Waals surface area contributed by atoms with Crippen molar-refractivity contribution in [2.24, 2.45) is 5.73 Å². The second kappa shape index (κ2) is 8.14. The first kappa shape index (κ1) is 20.1. The van der Waals surface area contributed by atoms with Gasteiger partial charge in [-0.2, -0.15) is 0 Å². The molecule has 1 heterocycles. The fraction of sp³-hybridized carbons (Fsp3) is 0. The van der Waals surface area contributed by atoms with Crippen LogP contribution in [0.5, 0.6) is 0 Å². The Morgan fingerprint density at radius 2 is 1.20 bits per heavy atom. The van der Waals surface area contributed by atoms with Crippen molar-refractivity contribution in [3.8, 4) is 0 Å². The van der Waals surface area contributed by atoms with Crippen LogP contribution in [0.2, 0.25) is 0 Å². The number of carbonyl (C=O) groups is 2. The topological polar surface area (TPSA) is 163 Å². The number of hydrogen-bond acceptors (Lipinski definition) is 7. The Morgan fingerprint density at radius 1 is 0.767 bits per heavy atom. The van der Waals surface area contributed by atoms with Crippen molar-refractivity contribution in [3.63, 3.8) is 0 Å². The molecule has 0 spiro atoms. The Kier molecular flexibility index (Phi) is 5.45. The molecule has 0 radical (unpaired) electrons. The van der Waals surface area contributed by atoms with E-state index in [1.165, 1.54) is 71.6 Å². The van der Waals surface area contributed by atoms with E-state index < -0.39 is 21.7 Å². The predicted octanol–water partition coefficient (Wildman–Crippen LogP) is 2.98. The third-order valence-electron chi connectivity index (χ3n) is 4.06. The number of aromatic nitrogens is 1. The number of nitrogens with two attached hydrogens (primary N) is 1. The van der Waals surface area contributed by atoms with Gasteiger partial charge >= 0.3 is 0 Å². The number of nitrogens with zero attached hydrogens (tertiary/aromatic N) is 4. The third-order valence-corrected chi connectivity index (χ3v) is 4.06. The minimum Gasteiger partial charge on any atom is -0.364 e. The molecular formula is C19H13N5O6. The zero-order valence-electron chi connectivity index (χ0n) is 15.2. The normalized spacial score (nSPS) is 10.3. The highest BCUT2D eigenvalue weighted by atomic mass is 16.6. The summed E-state index contributed by atoms with van der Waals surface area (Å²) in [5, 5.41) is 21.8. The van der Waals surface area contributed by atoms with Crippen LogP contribution in [-0.2, 0) is 0 Å². The minimum absolute atomic E-state index is 0.108. The van der Waals surface area contributed by atoms with Gasteiger partial charge in [-0.15, -0.1) is 0 Å². The smallest absolute Gasteiger partial charge is 0.281 e. The van der Waals surface area contributed by atoms with E-state index in [2.05, 4.69) is 4.98 Å². The number of nitro groups is 2. The number of hydrogen-bond donors (Lipinski definition) is 1. The van der Waals surface area contributed by atoms with E-state index in [4.69, 9.17) is 5.73 Å². The molecule has 0 atom stereocenters. The molecule has 0 bridgehead atoms. The van der Waals surface area contributed by atoms with Crippen LogP contribution in [0.1, 0.15) is 21.0 Å². The van der Waals surface area contributed by atoms with E-state index in [-0.39, 0.29) is 34.1 Å². The molecule has 0 aliphatic rings. The maximum absolute atomic E-state index is 13.2. The summed E-state index contributed by atoms with van der Waals surface area (Å²) in [6.07, 6.45) is 0. The van der Waals surface area contributed by atoms with Gasteiger partial charge in [-0.1, -0.05) is 6.07 Å². The summed E-state index contributed by atoms with van der Waals surface area (Å²) in [6, 6.07) is 14.4. The molecule has 0 saturated carbocycles. The van der Waals surface area contributed by atoms with E-state index >= 15 is 0 Å². The lowest BCUT2D eigenvalue weighted by Crippen LogP contribution is -2.27. The first-order chi connectivity index (χ1) is 14.3. The number of nitro benzene ring substituents is 2. The number of non-ortho nitro benzene ring substituents is 2. The van der Waals surface area contributed by atoms with E-state index in [1.807, 2.05) is 0 Å². The van der Waals surface area contributed by atoms with Crippen molar-refractivity contribution in [3.05, 3.63) is 98.3 Å². The summed E-state index contributed by atoms with van der Waals surface area (Å²) >= 11 is 0. The Bertz CT molecular complexity index is 1090. The van der Waals surface area contributed by atoms with Crippen LogP contribution < -0.4 is 10.6 Å². The van der Waals surface area contributed by atoms with Gasteiger partial charge in [0.15, 0.2) is 0 Å². The summed E-state index contributed by atoms with van der Waals surface area (Å²) in [5.74, 6) is -1.48. The fourth-order valence-corrected chi connectivity index (χ4v) is 2.64. The molecule has 30 heavy (non-hydrogen) atoms. The lowest BCUT2D eigenvalue weighted by Gasteiger charge is -2.22. The fourth-order valence-electron chi connectivity index (χ4n) is 2.64. The van der Waals surface area contributed by atoms with Gasteiger partial charge < -0.3 is 5.73 Å². The maximum atomic E-state index is 13.2. The predicted molar refractivity (Wildman–Crippen MR) is 105 cm³/mol. The molecule has 2 amide bonds. The van der Waals surface area contributed by atoms with Gasteiger partial charge in [-0.25, -0.2) is 4.98 Å². The lowest BCUT2D eigenvalue weighted by atomic mass is 10.2. The quantitative estimate of drug-likeness (QED) is 0.485. The van der Waals surface area contributed by atoms with Crippen molar-refractivity contribution >= 4 is 34.6 Å². The van der Waals surface area contributed by atoms with Gasteiger partial charge in [-0.05, 0) is 36.4 Å². The highest BCUT2D eigenvalue weighted by Gasteiger charge is 2.23. The number of primary amides is 1. The van der Waals surface area contributed by atoms with Gasteiger partial charge in [0, 0.05) is 35.6 Å². The van der Waals surface area contributed by atoms with E-state index in [0.717, 1.165) is 0 Å². The van der Waals surface area contributed by atoms with Gasteiger partial charge in [0.05, 0.1) is 9.85 Å². The molecule has 11 heteroatoms. The Balaban J connectivity index is 2.10. The molecule has 2 N–H and O–H groups in total. The molecule has 2 aromatic carbocycles. The highest BCUT2D eigenvalue weighted by molar-refractivity contribution is 6.10. The Labute approximate surface area is 168 Å². The van der Waals surface area contributed by atoms with E-state index in [9.17, 15) is 29.8 Å². The average Bonchev–Trinajstić information content (AvgIpc) is 2.74. The monoisotopic (exact) mass is 407 g/mol. The number of benzene rings is 2. The van der Waals surface area contributed by atoms with Crippen LogP contribution in [0, 0.1) is 20.2 Å². The number of rotatable bonds is 6. The van der Waals surface area contributed by atoms with Crippen LogP contribution in [0.25, 0.3) is 0 Å². The van der Waals surface area contributed by atoms with Crippen molar-refractivity contribution in [1.82, 2.24) is 4.98 Å². The van der Waals surface area contributed by atoms with Crippen LogP contribution in [0.15, 0.2) is 66.7 Å². The molecule has 0 saturated heterocycles. The largest absolute Gasteiger partial charge is 0.364 e. The average molecular weight is 407 g/mol. The van der Waals surface area contributed by atoms with Crippen molar-refractivity contribution in [2.45, 2.75) is 0 Å². The number of amides is 2. The maximum Gasteiger partial charge on any atom is 0.281 e. The molecule has 1 aromatic heterocycles. The molecular weight excluding hydrogens is 394 g/mol. The Morgan fingerprint density at radius 3 is 1.60 bits per heavy atom. The zero-order valence-corrected chi connectivity index (χ0v) is 15.2. The van der Waals surface area contributed by atoms with Crippen molar-refractivity contribution < 1.29 is 19.4 Å². The van der Waals surface area contributed by atoms with Crippen LogP contribution in [0.4, 0.5) is 22.7 Å². The highest BCUT2D eigenvalue weighted by Crippen LogP contribution is 2.30. The SMILES string of the molecule is NC(=O)c1cccc(C(=O)N(c2ccc([N+](=O)[O-])cc2)c2ccc([N+](=O)[O-])cc2)n1. The summed E-state index contributed by atoms with van der Waals surface area (Å²) in [5.41, 5.74) is 5.15. The molecule has 11 nitrogen and oxygen atoms in total. The molecule has 3 aromatic rings. The number of anilines is 2. The van der Waals surface area contributed by atoms with Gasteiger partial charge in [0.25, 0.3) is 23.2 Å². The molecule has 0 unspecified atom stereocenters. The lowest BCUT2D eigenvalue weighted by molar-refractivity contribution is -0.385. The van der Waals surface area contributed by atoms with Crippen LogP contribution >= 0.6 is 0 Å². The molecule has 0 aliphatic heterocycles. The van der Waals surface area contributed by atoms with Gasteiger partial charge in [0.2, 0.25) is 0 Å². The minimum atomic E-state index is -0.818. The molecule has 3 rings (SSSR count). The first-order valence-corrected chi connectivity index (χ1v) is 8.38. The van der Waals surface area contributed by atoms with Crippen molar-refractivity contribution in [2.75, 3.05) is 4.90 Å². The summed E-state index contributed by atoms with van der Waals surface area (Å²) in [4.78, 5) is 50.4. The van der Waals surface area contributed by atoms with Crippen LogP contribution in [0.3, 0.4) is 0 Å². The van der Waals surface area contributed by atoms with E-state index in [1.54, 1.807) is 0 Å². The number of carbonyl (C=O) groups excluding carboxylic acids is 2. The standard InChI is InChI=1S/C19H13N5O6/c20-18(25)16-2-1-3-17(21-16)19(26)22(12-4-8-14(9-5-12)23(27)28)13-6-10-15(11-7-13)24(29)30/h1-11H,(H2,20,25). The summed E-state index contributed by atoms with van der Waals surface area (Å²) in [7, 11) is 0. The van der Waals surface area contributed by atoms with Gasteiger partial charge in [-0.3, -0.25) is 34.7 Å². The Hall–Kier alpha value is -4.67. The second-order valence-electron chi connectivity index (χ2n) is 5.96. The summed E-state index contributed by atoms with van der Waals surface area (Å²) in [6.45, 7) is 0. The van der Waals surface area contributed by atoms with Gasteiger partial charge in [0.1, 0.15) is 11.4 Å². The van der Waals surface area contributed by atoms with Crippen molar-refractivity contribution in [1.29, 1.82) is 0 Å². The molecule has 150 valence electrons. The zero-order chi connectivity index (χ0) is 21.8. The first-order valence-electron chi connectivity index (χ1n) is 8.38. The number of pyridine rings is 1. The second-order valence-corrected chi connectivity index (χ2v) is 5.96.